The second-order valence-electron chi connectivity index (χ2n) is 9.71. The number of hydrogen-bond acceptors (Lipinski definition) is 5. The molecule has 3 aromatic carbocycles. The Balaban J connectivity index is 1.49. The molecule has 0 bridgehead atoms. The highest BCUT2D eigenvalue weighted by molar-refractivity contribution is 9.10. The maximum absolute atomic E-state index is 13.7. The smallest absolute Gasteiger partial charge is 0.258 e. The highest BCUT2D eigenvalue weighted by atomic mass is 79.9. The van der Waals surface area contributed by atoms with Crippen molar-refractivity contribution in [2.75, 3.05) is 32.8 Å². The second kappa shape index (κ2) is 11.2. The van der Waals surface area contributed by atoms with E-state index in [1.165, 1.54) is 0 Å². The standard InChI is InChI=1S/C30H26Br2N4O3/c31-21-8-6-19(7-9-21)26-17-25(34-36(26)27(37)18-35-12-14-39-15-13-35)29-28(20-4-2-1-3-5-20)23-16-22(32)10-11-24(23)33-30(29)38/h1-11,16,26H,12-15,17-18H2,(H,33,38). The Bertz CT molecular complexity index is 1610. The summed E-state index contributed by atoms with van der Waals surface area (Å²) < 4.78 is 7.32. The summed E-state index contributed by atoms with van der Waals surface area (Å²) >= 11 is 7.10. The van der Waals surface area contributed by atoms with Gasteiger partial charge in [-0.3, -0.25) is 14.5 Å². The van der Waals surface area contributed by atoms with Crippen molar-refractivity contribution >= 4 is 54.4 Å². The van der Waals surface area contributed by atoms with Crippen molar-refractivity contribution in [3.05, 3.63) is 103 Å². The van der Waals surface area contributed by atoms with Gasteiger partial charge in [0.15, 0.2) is 0 Å². The third kappa shape index (κ3) is 5.36. The lowest BCUT2D eigenvalue weighted by Gasteiger charge is -2.29. The molecule has 39 heavy (non-hydrogen) atoms. The Kier molecular flexibility index (Phi) is 7.49. The molecule has 1 amide bonds. The van der Waals surface area contributed by atoms with E-state index >= 15 is 0 Å². The Morgan fingerprint density at radius 2 is 1.67 bits per heavy atom. The maximum atomic E-state index is 13.7. The lowest BCUT2D eigenvalue weighted by Crippen LogP contribution is -2.43. The van der Waals surface area contributed by atoms with Gasteiger partial charge < -0.3 is 9.72 Å². The third-order valence-corrected chi connectivity index (χ3v) is 8.23. The van der Waals surface area contributed by atoms with E-state index in [0.29, 0.717) is 44.0 Å². The quantitative estimate of drug-likeness (QED) is 0.300. The number of nitrogens with one attached hydrogen (secondary N) is 1. The molecular formula is C30H26Br2N4O3. The molecule has 198 valence electrons. The number of carbonyl (C=O) groups excluding carboxylic acids is 1. The van der Waals surface area contributed by atoms with Gasteiger partial charge in [0, 0.05) is 44.9 Å². The largest absolute Gasteiger partial charge is 0.379 e. The molecule has 1 atom stereocenters. The Morgan fingerprint density at radius 1 is 0.949 bits per heavy atom. The van der Waals surface area contributed by atoms with Crippen LogP contribution in [0.5, 0.6) is 0 Å². The van der Waals surface area contributed by atoms with Crippen LogP contribution in [0.2, 0.25) is 0 Å². The molecule has 2 aliphatic heterocycles. The van der Waals surface area contributed by atoms with Gasteiger partial charge in [0.25, 0.3) is 11.5 Å². The summed E-state index contributed by atoms with van der Waals surface area (Å²) in [5.41, 5.74) is 4.31. The van der Waals surface area contributed by atoms with Gasteiger partial charge in [-0.25, -0.2) is 5.01 Å². The third-order valence-electron chi connectivity index (χ3n) is 7.21. The van der Waals surface area contributed by atoms with Crippen LogP contribution in [-0.4, -0.2) is 59.4 Å². The van der Waals surface area contributed by atoms with Gasteiger partial charge in [0.1, 0.15) is 0 Å². The number of nitrogens with zero attached hydrogens (tertiary/aromatic N) is 3. The van der Waals surface area contributed by atoms with E-state index in [9.17, 15) is 9.59 Å². The van der Waals surface area contributed by atoms with Crippen LogP contribution in [0.4, 0.5) is 0 Å². The van der Waals surface area contributed by atoms with Crippen molar-refractivity contribution in [3.63, 3.8) is 0 Å². The number of morpholine rings is 1. The summed E-state index contributed by atoms with van der Waals surface area (Å²) in [5.74, 6) is -0.0963. The molecule has 0 saturated carbocycles. The summed E-state index contributed by atoms with van der Waals surface area (Å²) in [6, 6.07) is 23.3. The number of amides is 1. The number of fused-ring (bicyclic) bond motifs is 1. The van der Waals surface area contributed by atoms with E-state index in [2.05, 4.69) is 41.7 Å². The SMILES string of the molecule is O=C(CN1CCOCC1)N1N=C(c2c(-c3ccccc3)c3cc(Br)ccc3[nH]c2=O)CC1c1ccc(Br)cc1. The summed E-state index contributed by atoms with van der Waals surface area (Å²) in [5, 5.41) is 7.36. The van der Waals surface area contributed by atoms with Gasteiger partial charge in [-0.1, -0.05) is 74.3 Å². The normalized spacial score (nSPS) is 17.9. The zero-order valence-electron chi connectivity index (χ0n) is 21.1. The minimum Gasteiger partial charge on any atom is -0.379 e. The zero-order chi connectivity index (χ0) is 26.9. The Hall–Kier alpha value is -3.11. The van der Waals surface area contributed by atoms with Crippen LogP contribution in [0, 0.1) is 0 Å². The van der Waals surface area contributed by atoms with E-state index in [0.717, 1.165) is 36.5 Å². The molecular weight excluding hydrogens is 624 g/mol. The zero-order valence-corrected chi connectivity index (χ0v) is 24.2. The molecule has 1 unspecified atom stereocenters. The van der Waals surface area contributed by atoms with Crippen molar-refractivity contribution in [2.45, 2.75) is 12.5 Å². The molecule has 6 rings (SSSR count). The number of H-pyrrole nitrogens is 1. The highest BCUT2D eigenvalue weighted by Crippen LogP contribution is 2.37. The van der Waals surface area contributed by atoms with Crippen molar-refractivity contribution in [1.29, 1.82) is 0 Å². The van der Waals surface area contributed by atoms with Crippen LogP contribution < -0.4 is 5.56 Å². The fraction of sp³-hybridized carbons (Fsp3) is 0.233. The first-order valence-corrected chi connectivity index (χ1v) is 14.4. The monoisotopic (exact) mass is 648 g/mol. The number of carbonyl (C=O) groups is 1. The summed E-state index contributed by atoms with van der Waals surface area (Å²) in [6.07, 6.45) is 0.429. The van der Waals surface area contributed by atoms with Crippen LogP contribution in [0.3, 0.4) is 0 Å². The Labute approximate surface area is 242 Å². The van der Waals surface area contributed by atoms with Crippen molar-refractivity contribution in [1.82, 2.24) is 14.9 Å². The average Bonchev–Trinajstić information content (AvgIpc) is 3.39. The van der Waals surface area contributed by atoms with E-state index in [4.69, 9.17) is 9.84 Å². The van der Waals surface area contributed by atoms with Gasteiger partial charge in [0.2, 0.25) is 0 Å². The number of aromatic nitrogens is 1. The average molecular weight is 650 g/mol. The molecule has 7 nitrogen and oxygen atoms in total. The lowest BCUT2D eigenvalue weighted by molar-refractivity contribution is -0.135. The number of hydrogen-bond donors (Lipinski definition) is 1. The van der Waals surface area contributed by atoms with Crippen LogP contribution in [0.25, 0.3) is 22.0 Å². The number of ether oxygens (including phenoxy) is 1. The lowest BCUT2D eigenvalue weighted by atomic mass is 9.91. The minimum atomic E-state index is -0.317. The topological polar surface area (TPSA) is 78.0 Å². The summed E-state index contributed by atoms with van der Waals surface area (Å²) in [7, 11) is 0. The van der Waals surface area contributed by atoms with E-state index in [-0.39, 0.29) is 24.1 Å². The van der Waals surface area contributed by atoms with Crippen molar-refractivity contribution in [2.24, 2.45) is 5.10 Å². The van der Waals surface area contributed by atoms with Gasteiger partial charge in [-0.15, -0.1) is 0 Å². The van der Waals surface area contributed by atoms with Crippen LogP contribution in [0.15, 0.2) is 91.6 Å². The fourth-order valence-electron chi connectivity index (χ4n) is 5.30. The first-order valence-electron chi connectivity index (χ1n) is 12.8. The van der Waals surface area contributed by atoms with Gasteiger partial charge in [-0.2, -0.15) is 5.10 Å². The molecule has 0 aliphatic carbocycles. The van der Waals surface area contributed by atoms with E-state index in [1.54, 1.807) is 5.01 Å². The number of hydrazone groups is 1. The first-order chi connectivity index (χ1) is 19.0. The first kappa shape index (κ1) is 26.1. The van der Waals surface area contributed by atoms with Crippen LogP contribution in [-0.2, 0) is 9.53 Å². The van der Waals surface area contributed by atoms with Gasteiger partial charge in [0.05, 0.1) is 37.1 Å². The molecule has 1 N–H and O–H groups in total. The fourth-order valence-corrected chi connectivity index (χ4v) is 5.93. The Morgan fingerprint density at radius 3 is 2.41 bits per heavy atom. The maximum Gasteiger partial charge on any atom is 0.258 e. The second-order valence-corrected chi connectivity index (χ2v) is 11.5. The molecule has 1 fully saturated rings. The van der Waals surface area contributed by atoms with Gasteiger partial charge in [-0.05, 0) is 41.5 Å². The molecule has 0 radical (unpaired) electrons. The number of halogens is 2. The van der Waals surface area contributed by atoms with Crippen molar-refractivity contribution in [3.8, 4) is 11.1 Å². The number of pyridine rings is 1. The summed E-state index contributed by atoms with van der Waals surface area (Å²) in [4.78, 5) is 32.5. The number of aromatic amines is 1. The highest BCUT2D eigenvalue weighted by Gasteiger charge is 2.36. The number of rotatable bonds is 5. The molecule has 1 aromatic heterocycles. The van der Waals surface area contributed by atoms with E-state index < -0.39 is 0 Å². The summed E-state index contributed by atoms with van der Waals surface area (Å²) in [6.45, 7) is 2.88. The van der Waals surface area contributed by atoms with Crippen LogP contribution >= 0.6 is 31.9 Å². The molecule has 9 heteroatoms. The predicted molar refractivity (Wildman–Crippen MR) is 160 cm³/mol. The van der Waals surface area contributed by atoms with Crippen LogP contribution in [0.1, 0.15) is 23.6 Å². The number of benzene rings is 3. The molecule has 1 saturated heterocycles. The molecule has 4 aromatic rings. The van der Waals surface area contributed by atoms with E-state index in [1.807, 2.05) is 72.8 Å². The molecule has 3 heterocycles. The molecule has 2 aliphatic rings. The molecule has 0 spiro atoms. The predicted octanol–water partition coefficient (Wildman–Crippen LogP) is 5.73. The van der Waals surface area contributed by atoms with Crippen molar-refractivity contribution < 1.29 is 9.53 Å². The minimum absolute atomic E-state index is 0.0963. The van der Waals surface area contributed by atoms with Gasteiger partial charge >= 0.3 is 0 Å².